The van der Waals surface area contributed by atoms with Crippen LogP contribution in [0.25, 0.3) is 0 Å². The van der Waals surface area contributed by atoms with Crippen molar-refractivity contribution < 1.29 is 52.9 Å². The summed E-state index contributed by atoms with van der Waals surface area (Å²) in [5, 5.41) is 28.6. The van der Waals surface area contributed by atoms with E-state index < -0.39 is 64.5 Å². The average Bonchev–Trinajstić information content (AvgIpc) is 3.20. The van der Waals surface area contributed by atoms with Gasteiger partial charge in [0.05, 0.1) is 25.9 Å². The van der Waals surface area contributed by atoms with E-state index in [0.717, 1.165) is 32.1 Å². The fraction of sp³-hybridized carbons (Fsp3) is 0.696. The largest absolute Gasteiger partial charge is 0.472 e. The topological polar surface area (TPSA) is 169 Å². The van der Waals surface area contributed by atoms with Crippen LogP contribution in [-0.4, -0.2) is 76.9 Å². The highest BCUT2D eigenvalue weighted by Gasteiger charge is 2.27. The third kappa shape index (κ3) is 40.2. The van der Waals surface area contributed by atoms with Crippen molar-refractivity contribution in [3.63, 3.8) is 0 Å². The summed E-state index contributed by atoms with van der Waals surface area (Å²) in [5.41, 5.74) is 0. The molecule has 0 spiro atoms. The van der Waals surface area contributed by atoms with Crippen LogP contribution in [0, 0.1) is 0 Å². The molecule has 0 aromatic heterocycles. The maximum absolute atomic E-state index is 12.6. The standard InChI is InChI=1S/C46H79O11P/c1-3-5-7-9-11-13-15-17-18-19-20-22-24-26-28-30-32-36-45(50)54-40-44(41-56-58(52,53)55-39-43(49)38-47)57-46(51)37-33-35-42(48)34-31-29-27-25-23-21-16-14-12-10-8-6-4-2/h17-18,20-23,26-29,31,34,42-44,47-49H,3-16,19,24-25,30,32-33,35-41H2,1-2H3,(H,52,53)/b18-17-,22-20-,23-21+,28-26-,29-27+,34-31+/t42?,43-,44+/m0/s1. The third-order valence-electron chi connectivity index (χ3n) is 8.94. The average molecular weight is 839 g/mol. The van der Waals surface area contributed by atoms with Crippen LogP contribution in [0.2, 0.25) is 0 Å². The summed E-state index contributed by atoms with van der Waals surface area (Å²) in [5.74, 6) is -1.19. The molecule has 0 saturated carbocycles. The zero-order chi connectivity index (χ0) is 42.8. The Morgan fingerprint density at radius 3 is 1.67 bits per heavy atom. The monoisotopic (exact) mass is 839 g/mol. The Labute approximate surface area is 351 Å². The van der Waals surface area contributed by atoms with Gasteiger partial charge in [0.15, 0.2) is 6.10 Å². The van der Waals surface area contributed by atoms with Crippen LogP contribution in [0.1, 0.15) is 162 Å². The van der Waals surface area contributed by atoms with Gasteiger partial charge in [0, 0.05) is 12.8 Å². The maximum atomic E-state index is 12.6. The van der Waals surface area contributed by atoms with Gasteiger partial charge in [-0.05, 0) is 70.6 Å². The predicted molar refractivity (Wildman–Crippen MR) is 234 cm³/mol. The first-order valence-corrected chi connectivity index (χ1v) is 23.5. The molecule has 0 saturated heterocycles. The molecule has 0 heterocycles. The fourth-order valence-corrected chi connectivity index (χ4v) is 6.28. The molecule has 0 rings (SSSR count). The van der Waals surface area contributed by atoms with Gasteiger partial charge in [0.2, 0.25) is 0 Å². The van der Waals surface area contributed by atoms with Crippen molar-refractivity contribution in [2.45, 2.75) is 180 Å². The fourth-order valence-electron chi connectivity index (χ4n) is 5.49. The number of rotatable bonds is 40. The summed E-state index contributed by atoms with van der Waals surface area (Å²) in [7, 11) is -4.69. The molecule has 0 aliphatic rings. The lowest BCUT2D eigenvalue weighted by molar-refractivity contribution is -0.161. The molecule has 11 nitrogen and oxygen atoms in total. The van der Waals surface area contributed by atoms with Crippen molar-refractivity contribution in [3.05, 3.63) is 72.9 Å². The third-order valence-corrected chi connectivity index (χ3v) is 9.89. The van der Waals surface area contributed by atoms with Crippen LogP contribution in [0.5, 0.6) is 0 Å². The van der Waals surface area contributed by atoms with Gasteiger partial charge in [-0.15, -0.1) is 0 Å². The Balaban J connectivity index is 4.57. The number of aliphatic hydroxyl groups excluding tert-OH is 3. The molecule has 0 bridgehead atoms. The summed E-state index contributed by atoms with van der Waals surface area (Å²) >= 11 is 0. The van der Waals surface area contributed by atoms with Gasteiger partial charge < -0.3 is 29.7 Å². The van der Waals surface area contributed by atoms with Gasteiger partial charge >= 0.3 is 19.8 Å². The number of hydrogen-bond donors (Lipinski definition) is 4. The molecule has 0 aliphatic carbocycles. The van der Waals surface area contributed by atoms with E-state index in [0.29, 0.717) is 25.7 Å². The van der Waals surface area contributed by atoms with Crippen molar-refractivity contribution in [1.29, 1.82) is 0 Å². The first-order chi connectivity index (χ1) is 28.1. The molecule has 0 radical (unpaired) electrons. The van der Waals surface area contributed by atoms with E-state index in [2.05, 4.69) is 54.8 Å². The Kier molecular flexibility index (Phi) is 39.3. The molecular weight excluding hydrogens is 759 g/mol. The number of aliphatic hydroxyl groups is 3. The molecule has 58 heavy (non-hydrogen) atoms. The van der Waals surface area contributed by atoms with Crippen molar-refractivity contribution in [3.8, 4) is 0 Å². The van der Waals surface area contributed by atoms with Gasteiger partial charge in [-0.1, -0.05) is 151 Å². The van der Waals surface area contributed by atoms with Gasteiger partial charge in [-0.2, -0.15) is 0 Å². The van der Waals surface area contributed by atoms with E-state index >= 15 is 0 Å². The Morgan fingerprint density at radius 1 is 0.586 bits per heavy atom. The molecule has 0 aliphatic heterocycles. The summed E-state index contributed by atoms with van der Waals surface area (Å²) in [4.78, 5) is 35.0. The number of unbranched alkanes of at least 4 members (excludes halogenated alkanes) is 13. The molecule has 0 aromatic carbocycles. The minimum absolute atomic E-state index is 0.0535. The van der Waals surface area contributed by atoms with Crippen LogP contribution in [0.4, 0.5) is 0 Å². The van der Waals surface area contributed by atoms with Crippen molar-refractivity contribution in [2.24, 2.45) is 0 Å². The SMILES string of the molecule is CCCCCCCC/C=C\C/C=C\C/C=C\CCCC(=O)OC[C@H](COP(=O)(O)OC[C@@H](O)CO)OC(=O)CCCC(O)/C=C/C=C/C/C=C/CCCCCCCC. The Bertz CT molecular complexity index is 1210. The number of ether oxygens (including phenoxy) is 2. The van der Waals surface area contributed by atoms with Crippen LogP contribution in [-0.2, 0) is 32.7 Å². The number of phosphoric ester groups is 1. The minimum Gasteiger partial charge on any atom is -0.462 e. The zero-order valence-corrected chi connectivity index (χ0v) is 36.7. The van der Waals surface area contributed by atoms with Gasteiger partial charge in [0.25, 0.3) is 0 Å². The van der Waals surface area contributed by atoms with E-state index in [1.165, 1.54) is 77.0 Å². The van der Waals surface area contributed by atoms with Crippen molar-refractivity contribution in [2.75, 3.05) is 26.4 Å². The highest BCUT2D eigenvalue weighted by molar-refractivity contribution is 7.47. The molecule has 0 fully saturated rings. The summed E-state index contributed by atoms with van der Waals surface area (Å²) in [6.07, 6.45) is 43.3. The number of phosphoric acid groups is 1. The normalized spacial score (nSPS) is 15.1. The Hall–Kier alpha value is -2.63. The molecular formula is C46H79O11P. The minimum atomic E-state index is -4.69. The van der Waals surface area contributed by atoms with Gasteiger partial charge in [-0.3, -0.25) is 18.6 Å². The molecule has 12 heteroatoms. The highest BCUT2D eigenvalue weighted by Crippen LogP contribution is 2.43. The molecule has 0 amide bonds. The van der Waals surface area contributed by atoms with E-state index in [9.17, 15) is 29.3 Å². The highest BCUT2D eigenvalue weighted by atomic mass is 31.2. The molecule has 4 N–H and O–H groups in total. The quantitative estimate of drug-likeness (QED) is 0.0152. The second-order valence-corrected chi connectivity index (χ2v) is 16.0. The molecule has 334 valence electrons. The van der Waals surface area contributed by atoms with Crippen molar-refractivity contribution in [1.82, 2.24) is 0 Å². The first kappa shape index (κ1) is 55.4. The first-order valence-electron chi connectivity index (χ1n) is 22.0. The van der Waals surface area contributed by atoms with E-state index in [-0.39, 0.29) is 12.8 Å². The number of esters is 2. The lowest BCUT2D eigenvalue weighted by Crippen LogP contribution is -2.30. The Morgan fingerprint density at radius 2 is 1.09 bits per heavy atom. The van der Waals surface area contributed by atoms with Gasteiger partial charge in [0.1, 0.15) is 12.7 Å². The lowest BCUT2D eigenvalue weighted by Gasteiger charge is -2.20. The maximum Gasteiger partial charge on any atom is 0.472 e. The molecule has 2 unspecified atom stereocenters. The van der Waals surface area contributed by atoms with Crippen molar-refractivity contribution >= 4 is 19.8 Å². The van der Waals surface area contributed by atoms with Crippen LogP contribution in [0.15, 0.2) is 72.9 Å². The summed E-state index contributed by atoms with van der Waals surface area (Å²) in [6.45, 7) is 2.08. The van der Waals surface area contributed by atoms with Gasteiger partial charge in [-0.25, -0.2) is 4.57 Å². The number of carbonyl (C=O) groups is 2. The second-order valence-electron chi connectivity index (χ2n) is 14.6. The number of hydrogen-bond acceptors (Lipinski definition) is 10. The number of carbonyl (C=O) groups excluding carboxylic acids is 2. The van der Waals surface area contributed by atoms with E-state index in [4.69, 9.17) is 19.1 Å². The smallest absolute Gasteiger partial charge is 0.462 e. The van der Waals surface area contributed by atoms with Crippen LogP contribution >= 0.6 is 7.82 Å². The second kappa shape index (κ2) is 41.1. The van der Waals surface area contributed by atoms with Crippen LogP contribution < -0.4 is 0 Å². The number of allylic oxidation sites excluding steroid dienone is 11. The van der Waals surface area contributed by atoms with Crippen LogP contribution in [0.3, 0.4) is 0 Å². The van der Waals surface area contributed by atoms with E-state index in [1.54, 1.807) is 12.2 Å². The molecule has 0 aromatic rings. The summed E-state index contributed by atoms with van der Waals surface area (Å²) in [6, 6.07) is 0. The predicted octanol–water partition coefficient (Wildman–Crippen LogP) is 10.6. The zero-order valence-electron chi connectivity index (χ0n) is 35.8. The van der Waals surface area contributed by atoms with E-state index in [1.807, 2.05) is 24.3 Å². The molecule has 4 atom stereocenters. The lowest BCUT2D eigenvalue weighted by atomic mass is 10.1. The summed E-state index contributed by atoms with van der Waals surface area (Å²) < 4.78 is 32.5.